The standard InChI is InChI=1S/C28H30ClN3O5S2/c1-18(33)22-8-3-9-24-27(22)23(17-39(35,36)26-11-10-25(29)38-26)31-32(24)15-20-6-2-5-19(13-20)14-30-28(34)21-7-4-12-37-16-21/h2-3,5-6,8-11,13,18,21,33H,4,7,12,14-17H2,1H3,(H,30,34)/t18?,21-/m1/s1. The van der Waals surface area contributed by atoms with Crippen molar-refractivity contribution in [1.82, 2.24) is 15.1 Å². The minimum atomic E-state index is -3.69. The van der Waals surface area contributed by atoms with Gasteiger partial charge in [0.15, 0.2) is 9.84 Å². The van der Waals surface area contributed by atoms with Crippen molar-refractivity contribution < 1.29 is 23.1 Å². The van der Waals surface area contributed by atoms with Gasteiger partial charge in [-0.3, -0.25) is 9.48 Å². The van der Waals surface area contributed by atoms with Gasteiger partial charge in [0.25, 0.3) is 0 Å². The van der Waals surface area contributed by atoms with E-state index in [2.05, 4.69) is 5.32 Å². The Kier molecular flexibility index (Phi) is 8.39. The minimum absolute atomic E-state index is 0.00158. The lowest BCUT2D eigenvalue weighted by Crippen LogP contribution is -2.35. The van der Waals surface area contributed by atoms with E-state index in [1.54, 1.807) is 23.7 Å². The van der Waals surface area contributed by atoms with Crippen LogP contribution in [0.15, 0.2) is 58.8 Å². The number of aliphatic hydroxyl groups excluding tert-OH is 1. The Morgan fingerprint density at radius 1 is 1.23 bits per heavy atom. The molecule has 1 unspecified atom stereocenters. The Morgan fingerprint density at radius 2 is 2.03 bits per heavy atom. The highest BCUT2D eigenvalue weighted by Crippen LogP contribution is 2.33. The predicted octanol–water partition coefficient (Wildman–Crippen LogP) is 4.87. The van der Waals surface area contributed by atoms with Crippen LogP contribution < -0.4 is 5.32 Å². The molecule has 4 aromatic rings. The maximum absolute atomic E-state index is 13.2. The third-order valence-electron chi connectivity index (χ3n) is 6.84. The van der Waals surface area contributed by atoms with Gasteiger partial charge >= 0.3 is 0 Å². The number of nitrogens with one attached hydrogen (secondary N) is 1. The van der Waals surface area contributed by atoms with Gasteiger partial charge in [-0.15, -0.1) is 11.3 Å². The summed E-state index contributed by atoms with van der Waals surface area (Å²) in [4.78, 5) is 12.5. The van der Waals surface area contributed by atoms with Gasteiger partial charge in [-0.1, -0.05) is 48.0 Å². The molecular weight excluding hydrogens is 558 g/mol. The normalized spacial score (nSPS) is 16.8. The van der Waals surface area contributed by atoms with Crippen LogP contribution in [-0.4, -0.2) is 42.4 Å². The number of hydrogen-bond donors (Lipinski definition) is 2. The second kappa shape index (κ2) is 11.8. The quantitative estimate of drug-likeness (QED) is 0.289. The number of hydrogen-bond acceptors (Lipinski definition) is 7. The van der Waals surface area contributed by atoms with Crippen molar-refractivity contribution in [3.05, 3.63) is 81.3 Å². The van der Waals surface area contributed by atoms with E-state index in [9.17, 15) is 18.3 Å². The van der Waals surface area contributed by atoms with E-state index in [1.807, 2.05) is 36.4 Å². The van der Waals surface area contributed by atoms with Gasteiger partial charge in [0.2, 0.25) is 5.91 Å². The van der Waals surface area contributed by atoms with Crippen LogP contribution in [0.2, 0.25) is 4.34 Å². The third-order valence-corrected chi connectivity index (χ3v) is 10.3. The highest BCUT2D eigenvalue weighted by molar-refractivity contribution is 7.92. The van der Waals surface area contributed by atoms with Gasteiger partial charge in [0, 0.05) is 18.5 Å². The first kappa shape index (κ1) is 27.8. The molecule has 206 valence electrons. The summed E-state index contributed by atoms with van der Waals surface area (Å²) in [6.07, 6.45) is 0.932. The van der Waals surface area contributed by atoms with Crippen molar-refractivity contribution >= 4 is 49.6 Å². The minimum Gasteiger partial charge on any atom is -0.389 e. The van der Waals surface area contributed by atoms with Crippen molar-refractivity contribution in [3.63, 3.8) is 0 Å². The van der Waals surface area contributed by atoms with Crippen LogP contribution in [-0.2, 0) is 38.2 Å². The van der Waals surface area contributed by atoms with Crippen molar-refractivity contribution in [1.29, 1.82) is 0 Å². The number of carbonyl (C=O) groups is 1. The number of halogens is 1. The van der Waals surface area contributed by atoms with Crippen LogP contribution in [0.3, 0.4) is 0 Å². The fourth-order valence-corrected chi connectivity index (χ4v) is 7.76. The van der Waals surface area contributed by atoms with Crippen molar-refractivity contribution in [2.75, 3.05) is 13.2 Å². The molecule has 1 fully saturated rings. The Balaban J connectivity index is 1.41. The summed E-state index contributed by atoms with van der Waals surface area (Å²) < 4.78 is 34.2. The summed E-state index contributed by atoms with van der Waals surface area (Å²) in [7, 11) is -3.69. The molecule has 1 aliphatic rings. The average Bonchev–Trinajstić information content (AvgIpc) is 3.52. The van der Waals surface area contributed by atoms with Crippen LogP contribution in [0.25, 0.3) is 10.9 Å². The van der Waals surface area contributed by atoms with Gasteiger partial charge in [-0.25, -0.2) is 8.42 Å². The molecule has 2 aromatic heterocycles. The molecule has 0 aliphatic carbocycles. The molecule has 3 heterocycles. The number of sulfone groups is 1. The van der Waals surface area contributed by atoms with E-state index in [0.717, 1.165) is 40.8 Å². The lowest BCUT2D eigenvalue weighted by atomic mass is 10.0. The van der Waals surface area contributed by atoms with Crippen molar-refractivity contribution in [3.8, 4) is 0 Å². The molecule has 11 heteroatoms. The molecule has 2 atom stereocenters. The number of nitrogens with zero attached hydrogens (tertiary/aromatic N) is 2. The van der Waals surface area contributed by atoms with Crippen LogP contribution in [0, 0.1) is 5.92 Å². The van der Waals surface area contributed by atoms with E-state index in [0.29, 0.717) is 47.3 Å². The topological polar surface area (TPSA) is 111 Å². The number of fused-ring (bicyclic) bond motifs is 1. The Labute approximate surface area is 236 Å². The molecule has 1 aliphatic heterocycles. The van der Waals surface area contributed by atoms with Gasteiger partial charge in [-0.05, 0) is 54.7 Å². The van der Waals surface area contributed by atoms with Crippen molar-refractivity contribution in [2.45, 2.75) is 48.9 Å². The summed E-state index contributed by atoms with van der Waals surface area (Å²) in [5.74, 6) is -0.421. The first-order chi connectivity index (χ1) is 18.7. The molecule has 0 bridgehead atoms. The van der Waals surface area contributed by atoms with Gasteiger partial charge in [0.05, 0.1) is 40.7 Å². The molecular formula is C28H30ClN3O5S2. The Bertz CT molecular complexity index is 1590. The summed E-state index contributed by atoms with van der Waals surface area (Å²) >= 11 is 7.00. The lowest BCUT2D eigenvalue weighted by Gasteiger charge is -2.21. The summed E-state index contributed by atoms with van der Waals surface area (Å²) in [6.45, 7) is 3.62. The van der Waals surface area contributed by atoms with E-state index in [1.165, 1.54) is 6.07 Å². The van der Waals surface area contributed by atoms with Crippen molar-refractivity contribution in [2.24, 2.45) is 5.92 Å². The number of carbonyl (C=O) groups excluding carboxylic acids is 1. The average molecular weight is 588 g/mol. The SMILES string of the molecule is CC(O)c1cccc2c1c(CS(=O)(=O)c1ccc(Cl)s1)nn2Cc1cccc(CNC(=O)[C@@H]2CCCOC2)c1. The molecule has 2 aromatic carbocycles. The summed E-state index contributed by atoms with van der Waals surface area (Å²) in [5, 5.41) is 18.8. The maximum atomic E-state index is 13.2. The first-order valence-electron chi connectivity index (χ1n) is 12.8. The zero-order valence-corrected chi connectivity index (χ0v) is 23.9. The number of thiophene rings is 1. The van der Waals surface area contributed by atoms with E-state index in [-0.39, 0.29) is 21.8 Å². The monoisotopic (exact) mass is 587 g/mol. The number of aliphatic hydroxyl groups is 1. The first-order valence-corrected chi connectivity index (χ1v) is 15.6. The number of ether oxygens (including phenoxy) is 1. The molecule has 0 saturated carbocycles. The molecule has 8 nitrogen and oxygen atoms in total. The Morgan fingerprint density at radius 3 is 2.74 bits per heavy atom. The summed E-state index contributed by atoms with van der Waals surface area (Å²) in [5.41, 5.74) is 3.64. The molecule has 0 radical (unpaired) electrons. The van der Waals surface area contributed by atoms with Gasteiger partial charge < -0.3 is 15.2 Å². The fourth-order valence-electron chi connectivity index (χ4n) is 4.91. The molecule has 1 saturated heterocycles. The van der Waals surface area contributed by atoms with E-state index < -0.39 is 15.9 Å². The smallest absolute Gasteiger partial charge is 0.225 e. The largest absolute Gasteiger partial charge is 0.389 e. The third kappa shape index (κ3) is 6.36. The molecule has 5 rings (SSSR count). The van der Waals surface area contributed by atoms with Gasteiger partial charge in [-0.2, -0.15) is 5.10 Å². The predicted molar refractivity (Wildman–Crippen MR) is 152 cm³/mol. The zero-order chi connectivity index (χ0) is 27.6. The number of aromatic nitrogens is 2. The molecule has 1 amide bonds. The van der Waals surface area contributed by atoms with E-state index in [4.69, 9.17) is 21.4 Å². The number of rotatable bonds is 9. The highest BCUT2D eigenvalue weighted by atomic mass is 35.5. The van der Waals surface area contributed by atoms with Crippen LogP contribution >= 0.6 is 22.9 Å². The Hall–Kier alpha value is -2.76. The van der Waals surface area contributed by atoms with Crippen LogP contribution in [0.4, 0.5) is 0 Å². The van der Waals surface area contributed by atoms with Crippen LogP contribution in [0.1, 0.15) is 48.3 Å². The van der Waals surface area contributed by atoms with E-state index >= 15 is 0 Å². The van der Waals surface area contributed by atoms with Crippen LogP contribution in [0.5, 0.6) is 0 Å². The lowest BCUT2D eigenvalue weighted by molar-refractivity contribution is -0.129. The van der Waals surface area contributed by atoms with Gasteiger partial charge in [0.1, 0.15) is 9.96 Å². The zero-order valence-electron chi connectivity index (χ0n) is 21.5. The fraction of sp³-hybridized carbons (Fsp3) is 0.357. The maximum Gasteiger partial charge on any atom is 0.225 e. The highest BCUT2D eigenvalue weighted by Gasteiger charge is 2.25. The molecule has 39 heavy (non-hydrogen) atoms. The second-order valence-electron chi connectivity index (χ2n) is 9.79. The molecule has 2 N–H and O–H groups in total. The summed E-state index contributed by atoms with van der Waals surface area (Å²) in [6, 6.07) is 16.4. The number of amides is 1. The molecule has 0 spiro atoms. The second-order valence-corrected chi connectivity index (χ2v) is 13.7. The number of benzene rings is 2.